The fourth-order valence-electron chi connectivity index (χ4n) is 1.09. The van der Waals surface area contributed by atoms with E-state index in [9.17, 15) is 0 Å². The molecule has 0 fully saturated rings. The third-order valence-electron chi connectivity index (χ3n) is 1.69. The van der Waals surface area contributed by atoms with Gasteiger partial charge in [-0.15, -0.1) is 0 Å². The zero-order valence-corrected chi connectivity index (χ0v) is 7.79. The lowest BCUT2D eigenvalue weighted by atomic mass is 10.0. The number of hydrogen-bond acceptors (Lipinski definition) is 3. The maximum atomic E-state index is 5.62. The third kappa shape index (κ3) is 1.31. The quantitative estimate of drug-likeness (QED) is 0.438. The Hall–Kier alpha value is -1.02. The topological polar surface area (TPSA) is 39.9 Å². The van der Waals surface area contributed by atoms with E-state index < -0.39 is 0 Å². The summed E-state index contributed by atoms with van der Waals surface area (Å²) in [5, 5.41) is 4.68. The van der Waals surface area contributed by atoms with Gasteiger partial charge in [0.25, 0.3) is 0 Å². The molecule has 4 radical (unpaired) electrons. The van der Waals surface area contributed by atoms with Gasteiger partial charge in [-0.05, 0) is 15.5 Å². The van der Waals surface area contributed by atoms with Crippen molar-refractivity contribution in [1.29, 1.82) is 0 Å². The molecule has 0 amide bonds. The van der Waals surface area contributed by atoms with Gasteiger partial charge >= 0.3 is 8.05 Å². The molecule has 2 aromatic rings. The van der Waals surface area contributed by atoms with E-state index in [0.29, 0.717) is 17.0 Å². The van der Waals surface area contributed by atoms with Gasteiger partial charge in [-0.1, -0.05) is 0 Å². The van der Waals surface area contributed by atoms with Crippen molar-refractivity contribution in [3.05, 3.63) is 12.3 Å². The predicted molar refractivity (Wildman–Crippen MR) is 54.4 cm³/mol. The van der Waals surface area contributed by atoms with E-state index in [2.05, 4.69) is 24.1 Å². The lowest BCUT2D eigenvalue weighted by molar-refractivity contribution is 0.614. The van der Waals surface area contributed by atoms with Crippen molar-refractivity contribution in [3.8, 4) is 5.75 Å². The fourth-order valence-corrected chi connectivity index (χ4v) is 1.42. The highest BCUT2D eigenvalue weighted by Gasteiger charge is 2.05. The highest BCUT2D eigenvalue weighted by molar-refractivity contribution is 7.14. The van der Waals surface area contributed by atoms with Gasteiger partial charge in [0, 0.05) is 11.0 Å². The van der Waals surface area contributed by atoms with Gasteiger partial charge in [0.05, 0.1) is 6.20 Å². The minimum atomic E-state index is 0.399. The highest BCUT2D eigenvalue weighted by atomic mass is 31.0. The van der Waals surface area contributed by atoms with Gasteiger partial charge in [-0.3, -0.25) is 0 Å². The van der Waals surface area contributed by atoms with E-state index in [1.54, 1.807) is 6.07 Å². The largest absolute Gasteiger partial charge is 0.567 e. The second-order valence-electron chi connectivity index (χ2n) is 2.49. The van der Waals surface area contributed by atoms with Crippen LogP contribution in [0.1, 0.15) is 0 Å². The first-order valence-corrected chi connectivity index (χ1v) is 4.00. The minimum absolute atomic E-state index is 0.399. The normalized spacial score (nSPS) is 10.5. The molecule has 13 heavy (non-hydrogen) atoms. The van der Waals surface area contributed by atoms with Crippen LogP contribution < -0.4 is 10.2 Å². The molecule has 1 atom stereocenters. The monoisotopic (exact) mass is 187 g/mol. The molecular weight excluding hydrogens is 183 g/mol. The molecule has 0 aliphatic carbocycles. The Balaban J connectivity index is 2.76. The van der Waals surface area contributed by atoms with Gasteiger partial charge in [0.15, 0.2) is 5.65 Å². The van der Waals surface area contributed by atoms with E-state index in [0.717, 1.165) is 5.39 Å². The van der Waals surface area contributed by atoms with Crippen LogP contribution in [-0.2, 0) is 0 Å². The first-order valence-electron chi connectivity index (χ1n) is 3.48. The molecule has 2 aromatic heterocycles. The molecule has 4 nitrogen and oxygen atoms in total. The standard InChI is InChI=1S/C6H4B2N3OP/c7-5-4-1-3(12-8)2-9-6(4)11(13)10-5/h1-2H,13H2. The van der Waals surface area contributed by atoms with Crippen LogP contribution in [0.5, 0.6) is 5.75 Å². The summed E-state index contributed by atoms with van der Waals surface area (Å²) in [7, 11) is 13.0. The molecule has 60 valence electrons. The molecule has 0 N–H and O–H groups in total. The van der Waals surface area contributed by atoms with Crippen LogP contribution in [0.25, 0.3) is 11.0 Å². The second kappa shape index (κ2) is 3.04. The first kappa shape index (κ1) is 8.57. The summed E-state index contributed by atoms with van der Waals surface area (Å²) in [6.07, 6.45) is 1.50. The molecular formula is C6H4B2N3OP. The lowest BCUT2D eigenvalue weighted by Gasteiger charge is -1.98. The summed E-state index contributed by atoms with van der Waals surface area (Å²) < 4.78 is 6.04. The van der Waals surface area contributed by atoms with E-state index in [1.807, 2.05) is 0 Å². The van der Waals surface area contributed by atoms with Crippen LogP contribution in [0.2, 0.25) is 0 Å². The van der Waals surface area contributed by atoms with Crippen molar-refractivity contribution < 1.29 is 4.65 Å². The summed E-state index contributed by atoms with van der Waals surface area (Å²) in [4.78, 5) is 4.07. The zero-order valence-electron chi connectivity index (χ0n) is 6.64. The second-order valence-corrected chi connectivity index (χ2v) is 2.98. The third-order valence-corrected chi connectivity index (χ3v) is 2.05. The number of fused-ring (bicyclic) bond motifs is 1. The van der Waals surface area contributed by atoms with Crippen molar-refractivity contribution in [2.45, 2.75) is 0 Å². The van der Waals surface area contributed by atoms with E-state index in [-0.39, 0.29) is 0 Å². The van der Waals surface area contributed by atoms with Crippen LogP contribution in [0.15, 0.2) is 12.3 Å². The van der Waals surface area contributed by atoms with Crippen molar-refractivity contribution in [2.24, 2.45) is 0 Å². The Kier molecular flexibility index (Phi) is 2.00. The first-order chi connectivity index (χ1) is 6.22. The fraction of sp³-hybridized carbons (Fsp3) is 0. The molecule has 1 unspecified atom stereocenters. The Morgan fingerprint density at radius 1 is 1.54 bits per heavy atom. The number of pyridine rings is 1. The number of rotatable bonds is 1. The van der Waals surface area contributed by atoms with Crippen LogP contribution in [-0.4, -0.2) is 30.4 Å². The SMILES string of the molecule is [B]Oc1cnc2c(c1)c([B])nn2P. The molecule has 0 aliphatic rings. The highest BCUT2D eigenvalue weighted by Crippen LogP contribution is 2.16. The molecule has 0 aliphatic heterocycles. The Morgan fingerprint density at radius 2 is 2.31 bits per heavy atom. The Labute approximate surface area is 79.8 Å². The summed E-state index contributed by atoms with van der Waals surface area (Å²) in [6.45, 7) is 0. The molecule has 7 heteroatoms. The average Bonchev–Trinajstić information content (AvgIpc) is 2.42. The van der Waals surface area contributed by atoms with Gasteiger partial charge < -0.3 is 4.65 Å². The summed E-state index contributed by atoms with van der Waals surface area (Å²) in [5.41, 5.74) is 1.07. The molecule has 0 aromatic carbocycles. The maximum absolute atomic E-state index is 5.62. The Morgan fingerprint density at radius 3 is 3.00 bits per heavy atom. The van der Waals surface area contributed by atoms with E-state index >= 15 is 0 Å². The predicted octanol–water partition coefficient (Wildman–Crippen LogP) is -0.674. The average molecular weight is 187 g/mol. The van der Waals surface area contributed by atoms with E-state index in [1.165, 1.54) is 10.6 Å². The van der Waals surface area contributed by atoms with Crippen LogP contribution >= 0.6 is 9.39 Å². The number of aromatic nitrogens is 3. The molecule has 2 heterocycles. The van der Waals surface area contributed by atoms with Crippen LogP contribution in [0, 0.1) is 0 Å². The lowest BCUT2D eigenvalue weighted by Crippen LogP contribution is -2.04. The summed E-state index contributed by atoms with van der Waals surface area (Å²) >= 11 is 0. The molecule has 0 spiro atoms. The van der Waals surface area contributed by atoms with Gasteiger partial charge in [-0.25, -0.2) is 9.44 Å². The number of hydrogen-bond donors (Lipinski definition) is 0. The van der Waals surface area contributed by atoms with Gasteiger partial charge in [0.1, 0.15) is 13.6 Å². The van der Waals surface area contributed by atoms with Gasteiger partial charge in [0.2, 0.25) is 0 Å². The number of nitrogens with zero attached hydrogens (tertiary/aromatic N) is 3. The summed E-state index contributed by atoms with van der Waals surface area (Å²) in [6, 6.07) is 1.69. The minimum Gasteiger partial charge on any atom is -0.567 e. The molecule has 0 saturated carbocycles. The van der Waals surface area contributed by atoms with Crippen molar-refractivity contribution >= 4 is 41.9 Å². The zero-order chi connectivity index (χ0) is 9.42. The van der Waals surface area contributed by atoms with Crippen LogP contribution in [0.3, 0.4) is 0 Å². The van der Waals surface area contributed by atoms with Crippen molar-refractivity contribution in [3.63, 3.8) is 0 Å². The Bertz CT molecular complexity index is 458. The van der Waals surface area contributed by atoms with Gasteiger partial charge in [-0.2, -0.15) is 5.10 Å². The maximum Gasteiger partial charge on any atom is 0.374 e. The van der Waals surface area contributed by atoms with Crippen LogP contribution in [0.4, 0.5) is 0 Å². The van der Waals surface area contributed by atoms with E-state index in [4.69, 9.17) is 15.9 Å². The summed E-state index contributed by atoms with van der Waals surface area (Å²) in [5.74, 6) is 0.456. The molecule has 0 saturated heterocycles. The smallest absolute Gasteiger partial charge is 0.374 e. The molecule has 0 bridgehead atoms. The van der Waals surface area contributed by atoms with Crippen molar-refractivity contribution in [1.82, 2.24) is 14.5 Å². The van der Waals surface area contributed by atoms with Crippen molar-refractivity contribution in [2.75, 3.05) is 0 Å². The molecule has 2 rings (SSSR count).